The van der Waals surface area contributed by atoms with Crippen molar-refractivity contribution in [1.82, 2.24) is 10.3 Å². The average Bonchev–Trinajstić information content (AvgIpc) is 2.47. The van der Waals surface area contributed by atoms with Crippen LogP contribution in [0.2, 0.25) is 0 Å². The Balaban J connectivity index is 2.74. The number of nitrogens with one attached hydrogen (secondary N) is 1. The van der Waals surface area contributed by atoms with Crippen LogP contribution in [-0.2, 0) is 6.42 Å². The summed E-state index contributed by atoms with van der Waals surface area (Å²) in [5.41, 5.74) is 2.58. The standard InChI is InChI=1S/C18H32N2/c1-5-8-11-16(7-3)18(19-12-6-2)14-17-15(4)10-9-13-20-17/h9-10,13,16,18-19H,5-8,11-12,14H2,1-4H3. The summed E-state index contributed by atoms with van der Waals surface area (Å²) in [6.07, 6.45) is 9.40. The van der Waals surface area contributed by atoms with E-state index >= 15 is 0 Å². The Labute approximate surface area is 125 Å². The molecule has 1 N–H and O–H groups in total. The van der Waals surface area contributed by atoms with Crippen LogP contribution >= 0.6 is 0 Å². The lowest BCUT2D eigenvalue weighted by Gasteiger charge is -2.28. The molecule has 0 spiro atoms. The van der Waals surface area contributed by atoms with Crippen molar-refractivity contribution in [3.63, 3.8) is 0 Å². The topological polar surface area (TPSA) is 24.9 Å². The van der Waals surface area contributed by atoms with Crippen LogP contribution in [0.25, 0.3) is 0 Å². The van der Waals surface area contributed by atoms with Gasteiger partial charge in [-0.25, -0.2) is 0 Å². The van der Waals surface area contributed by atoms with Gasteiger partial charge in [-0.05, 0) is 43.9 Å². The Kier molecular flexibility index (Phi) is 8.52. The number of unbranched alkanes of at least 4 members (excludes halogenated alkanes) is 1. The molecule has 0 saturated heterocycles. The van der Waals surface area contributed by atoms with Crippen molar-refractivity contribution in [2.75, 3.05) is 6.54 Å². The zero-order chi connectivity index (χ0) is 14.8. The van der Waals surface area contributed by atoms with Crippen LogP contribution in [0.4, 0.5) is 0 Å². The molecule has 20 heavy (non-hydrogen) atoms. The van der Waals surface area contributed by atoms with Crippen molar-refractivity contribution in [2.45, 2.75) is 72.3 Å². The Morgan fingerprint density at radius 1 is 1.20 bits per heavy atom. The molecule has 1 aromatic rings. The van der Waals surface area contributed by atoms with Gasteiger partial charge >= 0.3 is 0 Å². The van der Waals surface area contributed by atoms with E-state index in [-0.39, 0.29) is 0 Å². The quantitative estimate of drug-likeness (QED) is 0.680. The van der Waals surface area contributed by atoms with Gasteiger partial charge in [0.2, 0.25) is 0 Å². The molecule has 1 aromatic heterocycles. The first-order valence-electron chi connectivity index (χ1n) is 8.36. The van der Waals surface area contributed by atoms with Crippen molar-refractivity contribution in [2.24, 2.45) is 5.92 Å². The van der Waals surface area contributed by atoms with Gasteiger partial charge in [-0.2, -0.15) is 0 Å². The molecular weight excluding hydrogens is 244 g/mol. The van der Waals surface area contributed by atoms with E-state index in [1.165, 1.54) is 43.4 Å². The zero-order valence-electron chi connectivity index (χ0n) is 13.8. The molecule has 0 saturated carbocycles. The normalized spacial score (nSPS) is 14.2. The summed E-state index contributed by atoms with van der Waals surface area (Å²) in [6.45, 7) is 10.1. The average molecular weight is 276 g/mol. The smallest absolute Gasteiger partial charge is 0.0448 e. The van der Waals surface area contributed by atoms with Gasteiger partial charge in [-0.3, -0.25) is 4.98 Å². The summed E-state index contributed by atoms with van der Waals surface area (Å²) in [4.78, 5) is 4.58. The van der Waals surface area contributed by atoms with Crippen LogP contribution in [0.3, 0.4) is 0 Å². The van der Waals surface area contributed by atoms with E-state index in [1.54, 1.807) is 0 Å². The molecule has 0 aliphatic heterocycles. The van der Waals surface area contributed by atoms with Gasteiger partial charge in [0.1, 0.15) is 0 Å². The molecule has 2 heteroatoms. The monoisotopic (exact) mass is 276 g/mol. The fourth-order valence-corrected chi connectivity index (χ4v) is 2.83. The summed E-state index contributed by atoms with van der Waals surface area (Å²) in [6, 6.07) is 4.77. The fourth-order valence-electron chi connectivity index (χ4n) is 2.83. The number of aryl methyl sites for hydroxylation is 1. The minimum Gasteiger partial charge on any atom is -0.313 e. The first-order chi connectivity index (χ1) is 9.72. The Bertz CT molecular complexity index is 362. The predicted octanol–water partition coefficient (Wildman–Crippen LogP) is 4.52. The van der Waals surface area contributed by atoms with Gasteiger partial charge in [0.15, 0.2) is 0 Å². The van der Waals surface area contributed by atoms with Crippen LogP contribution in [0.5, 0.6) is 0 Å². The van der Waals surface area contributed by atoms with E-state index in [2.05, 4.69) is 44.1 Å². The Morgan fingerprint density at radius 2 is 2.00 bits per heavy atom. The first kappa shape index (κ1) is 17.2. The summed E-state index contributed by atoms with van der Waals surface area (Å²) in [5, 5.41) is 3.77. The van der Waals surface area contributed by atoms with E-state index in [9.17, 15) is 0 Å². The lowest BCUT2D eigenvalue weighted by Crippen LogP contribution is -2.38. The van der Waals surface area contributed by atoms with Crippen molar-refractivity contribution in [3.05, 3.63) is 29.6 Å². The van der Waals surface area contributed by atoms with Gasteiger partial charge in [0.25, 0.3) is 0 Å². The minimum atomic E-state index is 0.570. The van der Waals surface area contributed by atoms with Crippen molar-refractivity contribution < 1.29 is 0 Å². The molecule has 1 rings (SSSR count). The highest BCUT2D eigenvalue weighted by molar-refractivity contribution is 5.18. The Hall–Kier alpha value is -0.890. The second-order valence-corrected chi connectivity index (χ2v) is 5.84. The third kappa shape index (κ3) is 5.62. The zero-order valence-corrected chi connectivity index (χ0v) is 13.8. The SMILES string of the molecule is CCCCC(CC)C(Cc1ncccc1C)NCCC. The predicted molar refractivity (Wildman–Crippen MR) is 88.1 cm³/mol. The number of aromatic nitrogens is 1. The van der Waals surface area contributed by atoms with E-state index in [4.69, 9.17) is 0 Å². The van der Waals surface area contributed by atoms with Gasteiger partial charge in [0, 0.05) is 24.4 Å². The molecule has 0 bridgehead atoms. The van der Waals surface area contributed by atoms with Gasteiger partial charge in [-0.15, -0.1) is 0 Å². The number of nitrogens with zero attached hydrogens (tertiary/aromatic N) is 1. The largest absolute Gasteiger partial charge is 0.313 e. The van der Waals surface area contributed by atoms with Gasteiger partial charge in [0.05, 0.1) is 0 Å². The molecule has 1 heterocycles. The third-order valence-electron chi connectivity index (χ3n) is 4.21. The van der Waals surface area contributed by atoms with Crippen LogP contribution in [-0.4, -0.2) is 17.6 Å². The lowest BCUT2D eigenvalue weighted by atomic mass is 9.87. The maximum Gasteiger partial charge on any atom is 0.0448 e. The molecule has 0 aromatic carbocycles. The number of hydrogen-bond donors (Lipinski definition) is 1. The Morgan fingerprint density at radius 3 is 2.60 bits per heavy atom. The highest BCUT2D eigenvalue weighted by Gasteiger charge is 2.20. The van der Waals surface area contributed by atoms with Crippen molar-refractivity contribution >= 4 is 0 Å². The summed E-state index contributed by atoms with van der Waals surface area (Å²) >= 11 is 0. The van der Waals surface area contributed by atoms with E-state index in [1.807, 2.05) is 12.3 Å². The molecular formula is C18H32N2. The molecule has 0 aliphatic carbocycles. The van der Waals surface area contributed by atoms with Gasteiger partial charge < -0.3 is 5.32 Å². The lowest BCUT2D eigenvalue weighted by molar-refractivity contribution is 0.313. The minimum absolute atomic E-state index is 0.570. The molecule has 0 amide bonds. The molecule has 114 valence electrons. The second-order valence-electron chi connectivity index (χ2n) is 5.84. The van der Waals surface area contributed by atoms with Gasteiger partial charge in [-0.1, -0.05) is 46.1 Å². The van der Waals surface area contributed by atoms with Crippen LogP contribution in [0.15, 0.2) is 18.3 Å². The number of hydrogen-bond acceptors (Lipinski definition) is 2. The molecule has 2 atom stereocenters. The molecule has 0 fully saturated rings. The number of pyridine rings is 1. The van der Waals surface area contributed by atoms with E-state index in [0.717, 1.165) is 18.9 Å². The fraction of sp³-hybridized carbons (Fsp3) is 0.722. The van der Waals surface area contributed by atoms with Crippen molar-refractivity contribution in [3.8, 4) is 0 Å². The van der Waals surface area contributed by atoms with Crippen molar-refractivity contribution in [1.29, 1.82) is 0 Å². The molecule has 0 radical (unpaired) electrons. The third-order valence-corrected chi connectivity index (χ3v) is 4.21. The van der Waals surface area contributed by atoms with Crippen LogP contribution in [0, 0.1) is 12.8 Å². The number of rotatable bonds is 10. The summed E-state index contributed by atoms with van der Waals surface area (Å²) < 4.78 is 0. The summed E-state index contributed by atoms with van der Waals surface area (Å²) in [7, 11) is 0. The molecule has 2 nitrogen and oxygen atoms in total. The maximum atomic E-state index is 4.58. The molecule has 0 aliphatic rings. The van der Waals surface area contributed by atoms with Crippen LogP contribution < -0.4 is 5.32 Å². The maximum absolute atomic E-state index is 4.58. The highest BCUT2D eigenvalue weighted by Crippen LogP contribution is 2.20. The summed E-state index contributed by atoms with van der Waals surface area (Å²) in [5.74, 6) is 0.767. The first-order valence-corrected chi connectivity index (χ1v) is 8.36. The van der Waals surface area contributed by atoms with E-state index in [0.29, 0.717) is 6.04 Å². The van der Waals surface area contributed by atoms with E-state index < -0.39 is 0 Å². The van der Waals surface area contributed by atoms with Crippen LogP contribution in [0.1, 0.15) is 64.1 Å². The highest BCUT2D eigenvalue weighted by atomic mass is 14.9. The molecule has 2 unspecified atom stereocenters. The second kappa shape index (κ2) is 9.93.